The van der Waals surface area contributed by atoms with E-state index in [4.69, 9.17) is 25.2 Å². The highest BCUT2D eigenvalue weighted by atomic mass is 32.1. The number of nitrogens with zero attached hydrogens (tertiary/aromatic N) is 6. The van der Waals surface area contributed by atoms with Gasteiger partial charge in [-0.15, -0.1) is 22.7 Å². The highest BCUT2D eigenvalue weighted by molar-refractivity contribution is 7.13. The van der Waals surface area contributed by atoms with Crippen molar-refractivity contribution in [1.82, 2.24) is 34.9 Å². The van der Waals surface area contributed by atoms with E-state index in [2.05, 4.69) is 20.1 Å². The third kappa shape index (κ3) is 6.73. The van der Waals surface area contributed by atoms with E-state index in [1.165, 1.54) is 11.3 Å². The van der Waals surface area contributed by atoms with Crippen molar-refractivity contribution in [2.24, 2.45) is 5.73 Å². The maximum atomic E-state index is 13.0. The number of carbonyl (C=O) groups excluding carboxylic acids is 2. The summed E-state index contributed by atoms with van der Waals surface area (Å²) >= 11 is 2.95. The first-order valence-electron chi connectivity index (χ1n) is 13.8. The molecule has 2 fully saturated rings. The number of rotatable bonds is 9. The maximum Gasteiger partial charge on any atom is 0.265 e. The van der Waals surface area contributed by atoms with Crippen LogP contribution in [0.25, 0.3) is 11.3 Å². The minimum Gasteiger partial charge on any atom is -0.370 e. The van der Waals surface area contributed by atoms with Gasteiger partial charge >= 0.3 is 0 Å². The molecule has 14 heteroatoms. The highest BCUT2D eigenvalue weighted by Crippen LogP contribution is 2.32. The fourth-order valence-electron chi connectivity index (χ4n) is 5.16. The SMILES string of the molecule is Cc1ncc(C(=O)N2CCOC(c3nc(CC4CN(CCC(N)=O)CC(c5nc(-c6ccccc6)cs5)O4)n[nH]3)C2)s1. The van der Waals surface area contributed by atoms with E-state index in [1.54, 1.807) is 22.4 Å². The third-order valence-corrected chi connectivity index (χ3v) is 9.07. The van der Waals surface area contributed by atoms with E-state index in [9.17, 15) is 9.59 Å². The number of aromatic nitrogens is 5. The topological polar surface area (TPSA) is 152 Å². The first-order chi connectivity index (χ1) is 20.4. The van der Waals surface area contributed by atoms with Crippen molar-refractivity contribution in [3.63, 3.8) is 0 Å². The third-order valence-electron chi connectivity index (χ3n) is 7.23. The van der Waals surface area contributed by atoms with Gasteiger partial charge in [-0.1, -0.05) is 30.3 Å². The number of benzene rings is 1. The molecular weight excluding hydrogens is 576 g/mol. The average molecular weight is 609 g/mol. The van der Waals surface area contributed by atoms with E-state index in [0.717, 1.165) is 21.3 Å². The number of aromatic amines is 1. The zero-order chi connectivity index (χ0) is 29.1. The number of H-pyrrole nitrogens is 1. The van der Waals surface area contributed by atoms with Gasteiger partial charge in [-0.25, -0.2) is 15.0 Å². The molecule has 6 rings (SSSR count). The lowest BCUT2D eigenvalue weighted by Crippen LogP contribution is -2.46. The van der Waals surface area contributed by atoms with Gasteiger partial charge in [0.2, 0.25) is 5.91 Å². The molecule has 3 atom stereocenters. The van der Waals surface area contributed by atoms with Crippen LogP contribution in [0.15, 0.2) is 41.9 Å². The molecule has 2 amide bonds. The quantitative estimate of drug-likeness (QED) is 0.292. The number of hydrogen-bond donors (Lipinski definition) is 2. The number of hydrogen-bond acceptors (Lipinski definition) is 11. The minimum absolute atomic E-state index is 0.0519. The van der Waals surface area contributed by atoms with Crippen LogP contribution in [0.5, 0.6) is 0 Å². The normalized spacial score (nSPS) is 21.5. The van der Waals surface area contributed by atoms with Crippen molar-refractivity contribution < 1.29 is 19.1 Å². The Morgan fingerprint density at radius 2 is 2.00 bits per heavy atom. The van der Waals surface area contributed by atoms with Crippen molar-refractivity contribution >= 4 is 34.5 Å². The van der Waals surface area contributed by atoms with Crippen LogP contribution in [0.4, 0.5) is 0 Å². The number of morpholine rings is 2. The van der Waals surface area contributed by atoms with Crippen molar-refractivity contribution in [2.75, 3.05) is 39.3 Å². The first-order valence-corrected chi connectivity index (χ1v) is 15.5. The lowest BCUT2D eigenvalue weighted by atomic mass is 10.1. The second-order valence-electron chi connectivity index (χ2n) is 10.4. The van der Waals surface area contributed by atoms with Gasteiger partial charge in [0.1, 0.15) is 22.1 Å². The molecule has 0 spiro atoms. The second kappa shape index (κ2) is 12.8. The van der Waals surface area contributed by atoms with Gasteiger partial charge in [0.15, 0.2) is 11.6 Å². The van der Waals surface area contributed by atoms with E-state index in [-0.39, 0.29) is 30.4 Å². The summed E-state index contributed by atoms with van der Waals surface area (Å²) in [5, 5.41) is 11.2. The molecule has 0 radical (unpaired) electrons. The number of carbonyl (C=O) groups is 2. The molecule has 3 unspecified atom stereocenters. The van der Waals surface area contributed by atoms with E-state index in [1.807, 2.05) is 42.6 Å². The largest absolute Gasteiger partial charge is 0.370 e. The van der Waals surface area contributed by atoms with Crippen LogP contribution in [0.3, 0.4) is 0 Å². The monoisotopic (exact) mass is 608 g/mol. The molecule has 0 aliphatic carbocycles. The molecule has 5 heterocycles. The summed E-state index contributed by atoms with van der Waals surface area (Å²) < 4.78 is 12.5. The van der Waals surface area contributed by atoms with Crippen LogP contribution in [-0.2, 0) is 20.7 Å². The molecule has 2 aliphatic heterocycles. The molecule has 2 saturated heterocycles. The first kappa shape index (κ1) is 28.6. The lowest BCUT2D eigenvalue weighted by molar-refractivity contribution is -0.120. The summed E-state index contributed by atoms with van der Waals surface area (Å²) in [6.45, 7) is 4.94. The Morgan fingerprint density at radius 1 is 1.14 bits per heavy atom. The van der Waals surface area contributed by atoms with Gasteiger partial charge in [0, 0.05) is 50.0 Å². The van der Waals surface area contributed by atoms with Crippen LogP contribution in [0.2, 0.25) is 0 Å². The van der Waals surface area contributed by atoms with E-state index >= 15 is 0 Å². The Hall–Kier alpha value is -3.56. The van der Waals surface area contributed by atoms with E-state index < -0.39 is 6.10 Å². The molecule has 1 aromatic carbocycles. The Kier molecular flexibility index (Phi) is 8.67. The molecule has 0 bridgehead atoms. The number of nitrogens with one attached hydrogen (secondary N) is 1. The minimum atomic E-state index is -0.406. The van der Waals surface area contributed by atoms with Crippen molar-refractivity contribution in [1.29, 1.82) is 0 Å². The summed E-state index contributed by atoms with van der Waals surface area (Å²) in [6, 6.07) is 10.0. The van der Waals surface area contributed by atoms with Crippen LogP contribution in [0.1, 0.15) is 50.0 Å². The second-order valence-corrected chi connectivity index (χ2v) is 12.5. The molecule has 220 valence electrons. The highest BCUT2D eigenvalue weighted by Gasteiger charge is 2.33. The number of aryl methyl sites for hydroxylation is 1. The van der Waals surface area contributed by atoms with Crippen molar-refractivity contribution in [3.8, 4) is 11.3 Å². The number of ether oxygens (including phenoxy) is 2. The number of primary amides is 1. The van der Waals surface area contributed by atoms with Crippen LogP contribution < -0.4 is 5.73 Å². The fourth-order valence-corrected chi connectivity index (χ4v) is 6.76. The Balaban J connectivity index is 1.13. The lowest BCUT2D eigenvalue weighted by Gasteiger charge is -2.37. The molecule has 0 saturated carbocycles. The summed E-state index contributed by atoms with van der Waals surface area (Å²) in [6.07, 6.45) is 1.48. The standard InChI is InChI=1S/C28H32N8O4S2/c1-17-30-12-23(42-17)28(38)36-9-10-39-21(15-36)26-32-25(33-34-26)11-19-13-35(8-7-24(29)37)14-22(40-19)27-31-20(16-41-27)18-5-3-2-4-6-18/h2-6,12,16,19,21-22H,7-11,13-15H2,1H3,(H2,29,37)(H,32,33,34). The summed E-state index contributed by atoms with van der Waals surface area (Å²) in [5.41, 5.74) is 7.41. The number of amides is 2. The van der Waals surface area contributed by atoms with Crippen molar-refractivity contribution in [2.45, 2.75) is 38.1 Å². The molecular formula is C28H32N8O4S2. The summed E-state index contributed by atoms with van der Waals surface area (Å²) in [5.74, 6) is 0.788. The summed E-state index contributed by atoms with van der Waals surface area (Å²) in [7, 11) is 0. The average Bonchev–Trinajstić information content (AvgIpc) is 3.78. The van der Waals surface area contributed by atoms with Gasteiger partial charge in [0.05, 0.1) is 36.2 Å². The molecule has 3 aromatic heterocycles. The predicted octanol–water partition coefficient (Wildman–Crippen LogP) is 2.77. The summed E-state index contributed by atoms with van der Waals surface area (Å²) in [4.78, 5) is 42.8. The van der Waals surface area contributed by atoms with Gasteiger partial charge in [0.25, 0.3) is 5.91 Å². The molecule has 42 heavy (non-hydrogen) atoms. The fraction of sp³-hybridized carbons (Fsp3) is 0.429. The molecule has 2 aliphatic rings. The zero-order valence-corrected chi connectivity index (χ0v) is 24.8. The maximum absolute atomic E-state index is 13.0. The predicted molar refractivity (Wildman–Crippen MR) is 157 cm³/mol. The van der Waals surface area contributed by atoms with Gasteiger partial charge < -0.3 is 20.1 Å². The van der Waals surface area contributed by atoms with Crippen LogP contribution >= 0.6 is 22.7 Å². The number of nitrogens with two attached hydrogens (primary N) is 1. The zero-order valence-electron chi connectivity index (χ0n) is 23.1. The van der Waals surface area contributed by atoms with Gasteiger partial charge in [-0.05, 0) is 6.92 Å². The van der Waals surface area contributed by atoms with Gasteiger partial charge in [-0.3, -0.25) is 19.6 Å². The van der Waals surface area contributed by atoms with Crippen LogP contribution in [0, 0.1) is 6.92 Å². The van der Waals surface area contributed by atoms with Crippen molar-refractivity contribution in [3.05, 3.63) is 68.4 Å². The molecule has 12 nitrogen and oxygen atoms in total. The van der Waals surface area contributed by atoms with Crippen LogP contribution in [-0.4, -0.2) is 92.2 Å². The molecule has 4 aromatic rings. The Labute approximate surface area is 250 Å². The Morgan fingerprint density at radius 3 is 2.79 bits per heavy atom. The molecule has 3 N–H and O–H groups in total. The smallest absolute Gasteiger partial charge is 0.265 e. The number of thiazole rings is 2. The Bertz CT molecular complexity index is 1520. The van der Waals surface area contributed by atoms with Gasteiger partial charge in [-0.2, -0.15) is 5.10 Å². The van der Waals surface area contributed by atoms with E-state index in [0.29, 0.717) is 62.3 Å².